The number of rotatable bonds is 2. The van der Waals surface area contributed by atoms with Gasteiger partial charge in [0.2, 0.25) is 0 Å². The Balaban J connectivity index is 1.32. The number of pyridine rings is 2. The molecule has 2 aromatic heterocycles. The van der Waals surface area contributed by atoms with E-state index in [1.807, 2.05) is 17.0 Å². The minimum Gasteiger partial charge on any atom is -0.340 e. The van der Waals surface area contributed by atoms with Crippen LogP contribution in [0.15, 0.2) is 30.6 Å². The van der Waals surface area contributed by atoms with Crippen molar-refractivity contribution in [1.29, 1.82) is 5.41 Å². The minimum atomic E-state index is -0.339. The second-order valence-corrected chi connectivity index (χ2v) is 9.01. The predicted molar refractivity (Wildman–Crippen MR) is 110 cm³/mol. The smallest absolute Gasteiger partial charge is 0.326 e. The molecule has 2 aliphatic heterocycles. The summed E-state index contributed by atoms with van der Waals surface area (Å²) < 4.78 is 1.27. The van der Waals surface area contributed by atoms with Gasteiger partial charge < -0.3 is 15.1 Å². The molecule has 1 saturated heterocycles. The predicted octanol–water partition coefficient (Wildman–Crippen LogP) is 1.90. The van der Waals surface area contributed by atoms with Gasteiger partial charge in [-0.3, -0.25) is 14.8 Å². The zero-order valence-corrected chi connectivity index (χ0v) is 16.8. The van der Waals surface area contributed by atoms with Gasteiger partial charge in [-0.1, -0.05) is 0 Å². The molecule has 4 unspecified atom stereocenters. The van der Waals surface area contributed by atoms with E-state index in [4.69, 9.17) is 10.4 Å². The van der Waals surface area contributed by atoms with E-state index in [0.29, 0.717) is 17.4 Å². The van der Waals surface area contributed by atoms with Crippen molar-refractivity contribution in [2.75, 3.05) is 31.6 Å². The zero-order chi connectivity index (χ0) is 20.6. The summed E-state index contributed by atoms with van der Waals surface area (Å²) in [6, 6.07) is 5.24. The Morgan fingerprint density at radius 1 is 1.13 bits per heavy atom. The number of anilines is 2. The summed E-state index contributed by atoms with van der Waals surface area (Å²) in [5, 5.41) is 10.8. The minimum absolute atomic E-state index is 0.103. The summed E-state index contributed by atoms with van der Waals surface area (Å²) in [5.74, 6) is 3.43. The molecule has 6 rings (SSSR count). The molecular formula is C22H24N6O2. The lowest BCUT2D eigenvalue weighted by molar-refractivity contribution is 0.0775. The molecule has 0 aromatic carbocycles. The molecule has 2 saturated carbocycles. The molecule has 8 heteroatoms. The Labute approximate surface area is 174 Å². The van der Waals surface area contributed by atoms with Gasteiger partial charge in [0.15, 0.2) is 0 Å². The van der Waals surface area contributed by atoms with Crippen LogP contribution in [0.4, 0.5) is 16.3 Å². The molecule has 2 aromatic rings. The van der Waals surface area contributed by atoms with E-state index in [1.165, 1.54) is 11.0 Å². The highest BCUT2D eigenvalue weighted by Gasteiger charge is 2.48. The lowest BCUT2D eigenvalue weighted by Gasteiger charge is -2.30. The molecule has 4 atom stereocenters. The van der Waals surface area contributed by atoms with Crippen LogP contribution in [0, 0.1) is 23.2 Å². The molecule has 2 N–H and O–H groups in total. The van der Waals surface area contributed by atoms with Crippen LogP contribution in [0.25, 0.3) is 0 Å². The molecule has 4 aliphatic rings. The Bertz CT molecular complexity index is 1130. The van der Waals surface area contributed by atoms with Crippen molar-refractivity contribution in [2.24, 2.45) is 17.8 Å². The highest BCUT2D eigenvalue weighted by atomic mass is 16.2. The van der Waals surface area contributed by atoms with Crippen LogP contribution in [-0.4, -0.2) is 53.1 Å². The van der Waals surface area contributed by atoms with E-state index in [1.54, 1.807) is 25.5 Å². The van der Waals surface area contributed by atoms with Crippen LogP contribution in [0.1, 0.15) is 34.7 Å². The topological polar surface area (TPSA) is 94.3 Å². The zero-order valence-electron chi connectivity index (χ0n) is 16.8. The Morgan fingerprint density at radius 3 is 2.67 bits per heavy atom. The molecule has 2 amide bonds. The van der Waals surface area contributed by atoms with E-state index in [9.17, 15) is 9.59 Å². The second-order valence-electron chi connectivity index (χ2n) is 9.01. The Morgan fingerprint density at radius 2 is 1.93 bits per heavy atom. The number of nitrogens with zero attached hydrogens (tertiary/aromatic N) is 4. The number of likely N-dealkylation sites (tertiary alicyclic amines) is 1. The van der Waals surface area contributed by atoms with Gasteiger partial charge in [0, 0.05) is 50.8 Å². The fraction of sp³-hybridized carbons (Fsp3) is 0.455. The van der Waals surface area contributed by atoms with Gasteiger partial charge in [-0.2, -0.15) is 0 Å². The van der Waals surface area contributed by atoms with Crippen LogP contribution >= 0.6 is 0 Å². The first-order chi connectivity index (χ1) is 14.5. The van der Waals surface area contributed by atoms with Gasteiger partial charge in [-0.05, 0) is 54.2 Å². The summed E-state index contributed by atoms with van der Waals surface area (Å²) in [6.07, 6.45) is 5.71. The summed E-state index contributed by atoms with van der Waals surface area (Å²) in [4.78, 5) is 33.6. The van der Waals surface area contributed by atoms with E-state index in [-0.39, 0.29) is 17.4 Å². The average Bonchev–Trinajstić information content (AvgIpc) is 3.68. The first-order valence-corrected chi connectivity index (χ1v) is 10.6. The van der Waals surface area contributed by atoms with Crippen LogP contribution < -0.4 is 15.7 Å². The van der Waals surface area contributed by atoms with Crippen LogP contribution in [0.5, 0.6) is 0 Å². The van der Waals surface area contributed by atoms with Gasteiger partial charge in [-0.15, -0.1) is 0 Å². The van der Waals surface area contributed by atoms with Crippen molar-refractivity contribution in [3.63, 3.8) is 0 Å². The molecule has 0 radical (unpaired) electrons. The fourth-order valence-corrected chi connectivity index (χ4v) is 5.17. The van der Waals surface area contributed by atoms with Crippen LogP contribution in [0.3, 0.4) is 0 Å². The molecular weight excluding hydrogens is 380 g/mol. The number of hydrogen-bond acceptors (Lipinski definition) is 5. The molecule has 0 bridgehead atoms. The van der Waals surface area contributed by atoms with E-state index >= 15 is 0 Å². The highest BCUT2D eigenvalue weighted by molar-refractivity contribution is 5.95. The highest BCUT2D eigenvalue weighted by Crippen LogP contribution is 2.55. The van der Waals surface area contributed by atoms with E-state index in [0.717, 1.165) is 55.0 Å². The number of amides is 2. The summed E-state index contributed by atoms with van der Waals surface area (Å²) >= 11 is 0. The third kappa shape index (κ3) is 2.66. The quantitative estimate of drug-likeness (QED) is 0.799. The van der Waals surface area contributed by atoms with E-state index < -0.39 is 0 Å². The largest absolute Gasteiger partial charge is 0.340 e. The lowest BCUT2D eigenvalue weighted by atomic mass is 10.0. The molecule has 0 spiro atoms. The second kappa shape index (κ2) is 6.17. The molecule has 3 fully saturated rings. The number of aromatic nitrogens is 2. The summed E-state index contributed by atoms with van der Waals surface area (Å²) in [6.45, 7) is 2.62. The first-order valence-electron chi connectivity index (χ1n) is 10.6. The first kappa shape index (κ1) is 17.7. The SMILES string of the molecule is CNC(=O)n1ccc(N2CC3CC3c3cc(C(=O)N4CC5CC5C4)cnc32)cc1=N. The maximum Gasteiger partial charge on any atom is 0.326 e. The van der Waals surface area contributed by atoms with Crippen molar-refractivity contribution >= 4 is 23.4 Å². The van der Waals surface area contributed by atoms with Crippen molar-refractivity contribution in [1.82, 2.24) is 19.8 Å². The molecule has 8 nitrogen and oxygen atoms in total. The molecule has 2 aliphatic carbocycles. The van der Waals surface area contributed by atoms with Crippen molar-refractivity contribution < 1.29 is 9.59 Å². The van der Waals surface area contributed by atoms with Crippen molar-refractivity contribution in [2.45, 2.75) is 18.8 Å². The summed E-state index contributed by atoms with van der Waals surface area (Å²) in [7, 11) is 1.55. The number of fused-ring (bicyclic) bond motifs is 4. The normalized spacial score (nSPS) is 27.8. The third-order valence-corrected chi connectivity index (χ3v) is 7.09. The van der Waals surface area contributed by atoms with Gasteiger partial charge >= 0.3 is 6.03 Å². The molecule has 154 valence electrons. The fourth-order valence-electron chi connectivity index (χ4n) is 5.17. The Kier molecular flexibility index (Phi) is 3.63. The van der Waals surface area contributed by atoms with Gasteiger partial charge in [0.25, 0.3) is 5.91 Å². The van der Waals surface area contributed by atoms with Crippen molar-refractivity contribution in [3.05, 3.63) is 47.2 Å². The van der Waals surface area contributed by atoms with Gasteiger partial charge in [0.05, 0.1) is 5.56 Å². The molecule has 30 heavy (non-hydrogen) atoms. The number of hydrogen-bond donors (Lipinski definition) is 2. The van der Waals surface area contributed by atoms with Crippen LogP contribution in [0.2, 0.25) is 0 Å². The maximum atomic E-state index is 13.0. The molecule has 4 heterocycles. The monoisotopic (exact) mass is 404 g/mol. The number of carbonyl (C=O) groups excluding carboxylic acids is 2. The number of carbonyl (C=O) groups is 2. The van der Waals surface area contributed by atoms with Crippen LogP contribution in [-0.2, 0) is 0 Å². The van der Waals surface area contributed by atoms with Gasteiger partial charge in [-0.25, -0.2) is 9.78 Å². The maximum absolute atomic E-state index is 13.0. The third-order valence-electron chi connectivity index (χ3n) is 7.09. The van der Waals surface area contributed by atoms with Crippen molar-refractivity contribution in [3.8, 4) is 0 Å². The number of nitrogens with one attached hydrogen (secondary N) is 2. The standard InChI is InChI=1S/C22H24N6O2/c1-24-22(30)27-3-2-16(7-19(27)23)28-11-15-6-17(15)18-5-12(8-25-20(18)28)21(29)26-9-13-4-14(13)10-26/h2-3,5,7-8,13-15,17,23H,4,6,9-11H2,1H3,(H,24,30). The lowest BCUT2D eigenvalue weighted by Crippen LogP contribution is -2.35. The van der Waals surface area contributed by atoms with E-state index in [2.05, 4.69) is 10.2 Å². The average molecular weight is 404 g/mol. The summed E-state index contributed by atoms with van der Waals surface area (Å²) in [5.41, 5.74) is 2.79. The van der Waals surface area contributed by atoms with Gasteiger partial charge in [0.1, 0.15) is 11.3 Å². The Hall–Kier alpha value is -3.16. The number of piperidine rings is 1.